The first kappa shape index (κ1) is 18.3. The lowest BCUT2D eigenvalue weighted by atomic mass is 10.0. The van der Waals surface area contributed by atoms with Crippen LogP contribution in [0.15, 0.2) is 48.5 Å². The lowest BCUT2D eigenvalue weighted by Crippen LogP contribution is -2.38. The van der Waals surface area contributed by atoms with Crippen molar-refractivity contribution >= 4 is 11.7 Å². The zero-order valence-electron chi connectivity index (χ0n) is 15.1. The second-order valence-electron chi connectivity index (χ2n) is 6.39. The zero-order valence-corrected chi connectivity index (χ0v) is 15.1. The normalized spacial score (nSPS) is 14.5. The fourth-order valence-electron chi connectivity index (χ4n) is 3.20. The maximum absolute atomic E-state index is 11.6. The summed E-state index contributed by atoms with van der Waals surface area (Å²) in [6.45, 7) is 3.82. The number of aliphatic hydroxyl groups is 1. The first-order chi connectivity index (χ1) is 12.7. The topological polar surface area (TPSA) is 59.0 Å². The van der Waals surface area contributed by atoms with Crippen molar-refractivity contribution in [2.45, 2.75) is 25.9 Å². The Morgan fingerprint density at radius 3 is 2.73 bits per heavy atom. The molecule has 2 aromatic rings. The van der Waals surface area contributed by atoms with Crippen LogP contribution in [0.4, 0.5) is 5.69 Å². The minimum Gasteiger partial charge on any atom is -0.491 e. The molecule has 1 N–H and O–H groups in total. The van der Waals surface area contributed by atoms with Gasteiger partial charge in [-0.1, -0.05) is 18.2 Å². The van der Waals surface area contributed by atoms with Crippen molar-refractivity contribution < 1.29 is 19.4 Å². The third-order valence-electron chi connectivity index (χ3n) is 4.45. The molecule has 0 saturated carbocycles. The predicted octanol–water partition coefficient (Wildman–Crippen LogP) is 3.06. The summed E-state index contributed by atoms with van der Waals surface area (Å²) in [6, 6.07) is 15.1. The van der Waals surface area contributed by atoms with Crippen LogP contribution in [-0.4, -0.2) is 43.5 Å². The highest BCUT2D eigenvalue weighted by molar-refractivity contribution is 5.89. The fraction of sp³-hybridized carbons (Fsp3) is 0.381. The van der Waals surface area contributed by atoms with Crippen LogP contribution in [0.3, 0.4) is 0 Å². The largest absolute Gasteiger partial charge is 0.491 e. The van der Waals surface area contributed by atoms with Gasteiger partial charge in [0, 0.05) is 18.8 Å². The Morgan fingerprint density at radius 2 is 1.96 bits per heavy atom. The van der Waals surface area contributed by atoms with Gasteiger partial charge in [0.15, 0.2) is 0 Å². The molecule has 0 radical (unpaired) electrons. The molecule has 2 aromatic carbocycles. The van der Waals surface area contributed by atoms with E-state index in [-0.39, 0.29) is 12.6 Å². The van der Waals surface area contributed by atoms with Gasteiger partial charge in [0.2, 0.25) is 0 Å². The third-order valence-corrected chi connectivity index (χ3v) is 4.45. The second kappa shape index (κ2) is 8.72. The quantitative estimate of drug-likeness (QED) is 0.774. The number of carbonyl (C=O) groups is 1. The average molecular weight is 355 g/mol. The van der Waals surface area contributed by atoms with Crippen molar-refractivity contribution in [2.75, 3.05) is 31.2 Å². The van der Waals surface area contributed by atoms with E-state index in [1.165, 1.54) is 11.3 Å². The SMILES string of the molecule is CCOC(=O)c1ccc(OCC(O)CN2CCCc3ccccc32)cc1. The van der Waals surface area contributed by atoms with Crippen molar-refractivity contribution in [2.24, 2.45) is 0 Å². The minimum atomic E-state index is -0.592. The van der Waals surface area contributed by atoms with Crippen LogP contribution in [-0.2, 0) is 11.2 Å². The minimum absolute atomic E-state index is 0.206. The number of esters is 1. The molecule has 0 amide bonds. The summed E-state index contributed by atoms with van der Waals surface area (Å²) in [5.74, 6) is 0.277. The molecular weight excluding hydrogens is 330 g/mol. The van der Waals surface area contributed by atoms with Gasteiger partial charge in [-0.3, -0.25) is 0 Å². The first-order valence-corrected chi connectivity index (χ1v) is 9.08. The third kappa shape index (κ3) is 4.55. The molecule has 0 aromatic heterocycles. The second-order valence-corrected chi connectivity index (χ2v) is 6.39. The van der Waals surface area contributed by atoms with E-state index in [1.54, 1.807) is 31.2 Å². The number of aryl methyl sites for hydroxylation is 1. The van der Waals surface area contributed by atoms with Crippen LogP contribution in [0.5, 0.6) is 5.75 Å². The van der Waals surface area contributed by atoms with Crippen molar-refractivity contribution in [1.29, 1.82) is 0 Å². The number of β-amino-alcohol motifs (C(OH)–C–C–N with tert-alkyl or cyclic N) is 1. The maximum atomic E-state index is 11.6. The molecule has 0 aliphatic carbocycles. The molecule has 3 rings (SSSR count). The summed E-state index contributed by atoms with van der Waals surface area (Å²) in [6.07, 6.45) is 1.59. The summed E-state index contributed by atoms with van der Waals surface area (Å²) in [4.78, 5) is 13.9. The lowest BCUT2D eigenvalue weighted by Gasteiger charge is -2.32. The van der Waals surface area contributed by atoms with Crippen LogP contribution in [0.1, 0.15) is 29.3 Å². The van der Waals surface area contributed by atoms with Crippen LogP contribution in [0.25, 0.3) is 0 Å². The van der Waals surface area contributed by atoms with Gasteiger partial charge >= 0.3 is 5.97 Å². The summed E-state index contributed by atoms with van der Waals surface area (Å²) in [7, 11) is 0. The van der Waals surface area contributed by atoms with E-state index in [1.807, 2.05) is 6.07 Å². The monoisotopic (exact) mass is 355 g/mol. The standard InChI is InChI=1S/C21H25NO4/c1-2-25-21(24)17-9-11-19(12-10-17)26-15-18(23)14-22-13-5-7-16-6-3-4-8-20(16)22/h3-4,6,8-12,18,23H,2,5,7,13-15H2,1H3. The number of nitrogens with zero attached hydrogens (tertiary/aromatic N) is 1. The number of rotatable bonds is 7. The number of carbonyl (C=O) groups excluding carboxylic acids is 1. The van der Waals surface area contributed by atoms with E-state index >= 15 is 0 Å². The van der Waals surface area contributed by atoms with Crippen LogP contribution < -0.4 is 9.64 Å². The van der Waals surface area contributed by atoms with E-state index in [2.05, 4.69) is 23.1 Å². The number of anilines is 1. The van der Waals surface area contributed by atoms with Crippen LogP contribution in [0.2, 0.25) is 0 Å². The molecule has 5 nitrogen and oxygen atoms in total. The highest BCUT2D eigenvalue weighted by Crippen LogP contribution is 2.26. The number of aliphatic hydroxyl groups excluding tert-OH is 1. The van der Waals surface area contributed by atoms with Crippen molar-refractivity contribution in [3.63, 3.8) is 0 Å². The molecule has 1 unspecified atom stereocenters. The Bertz CT molecular complexity index is 729. The van der Waals surface area contributed by atoms with Gasteiger partial charge in [-0.25, -0.2) is 4.79 Å². The van der Waals surface area contributed by atoms with E-state index < -0.39 is 6.10 Å². The molecule has 5 heteroatoms. The molecule has 0 bridgehead atoms. The number of para-hydroxylation sites is 1. The Morgan fingerprint density at radius 1 is 1.19 bits per heavy atom. The molecule has 1 aliphatic rings. The Balaban J connectivity index is 1.52. The van der Waals surface area contributed by atoms with Gasteiger partial charge in [-0.05, 0) is 55.7 Å². The van der Waals surface area contributed by atoms with Crippen LogP contribution in [0, 0.1) is 0 Å². The van der Waals surface area contributed by atoms with Crippen molar-refractivity contribution in [3.8, 4) is 5.75 Å². The van der Waals surface area contributed by atoms with E-state index in [9.17, 15) is 9.90 Å². The van der Waals surface area contributed by atoms with Gasteiger partial charge in [0.05, 0.1) is 12.2 Å². The molecular formula is C21H25NO4. The number of fused-ring (bicyclic) bond motifs is 1. The molecule has 1 heterocycles. The smallest absolute Gasteiger partial charge is 0.338 e. The van der Waals surface area contributed by atoms with Gasteiger partial charge in [-0.15, -0.1) is 0 Å². The molecule has 1 atom stereocenters. The van der Waals surface area contributed by atoms with Gasteiger partial charge < -0.3 is 19.5 Å². The first-order valence-electron chi connectivity index (χ1n) is 9.08. The Kier molecular flexibility index (Phi) is 6.12. The molecule has 0 spiro atoms. The summed E-state index contributed by atoms with van der Waals surface area (Å²) < 4.78 is 10.6. The van der Waals surface area contributed by atoms with E-state index in [0.717, 1.165) is 19.4 Å². The van der Waals surface area contributed by atoms with Crippen LogP contribution >= 0.6 is 0 Å². The number of hydrogen-bond acceptors (Lipinski definition) is 5. The van der Waals surface area contributed by atoms with Crippen molar-refractivity contribution in [3.05, 3.63) is 59.7 Å². The van der Waals surface area contributed by atoms with Gasteiger partial charge in [0.25, 0.3) is 0 Å². The lowest BCUT2D eigenvalue weighted by molar-refractivity contribution is 0.0526. The summed E-state index contributed by atoms with van der Waals surface area (Å²) in [5, 5.41) is 10.4. The average Bonchev–Trinajstić information content (AvgIpc) is 2.67. The van der Waals surface area contributed by atoms with E-state index in [0.29, 0.717) is 24.5 Å². The van der Waals surface area contributed by atoms with Crippen molar-refractivity contribution in [1.82, 2.24) is 0 Å². The molecule has 26 heavy (non-hydrogen) atoms. The Hall–Kier alpha value is -2.53. The predicted molar refractivity (Wildman–Crippen MR) is 101 cm³/mol. The summed E-state index contributed by atoms with van der Waals surface area (Å²) in [5.41, 5.74) is 3.03. The summed E-state index contributed by atoms with van der Waals surface area (Å²) >= 11 is 0. The Labute approximate surface area is 154 Å². The molecule has 0 saturated heterocycles. The van der Waals surface area contributed by atoms with Gasteiger partial charge in [-0.2, -0.15) is 0 Å². The highest BCUT2D eigenvalue weighted by atomic mass is 16.5. The van der Waals surface area contributed by atoms with E-state index in [4.69, 9.17) is 9.47 Å². The number of benzene rings is 2. The maximum Gasteiger partial charge on any atom is 0.338 e. The number of hydrogen-bond donors (Lipinski definition) is 1. The zero-order chi connectivity index (χ0) is 18.4. The molecule has 1 aliphatic heterocycles. The number of ether oxygens (including phenoxy) is 2. The van der Waals surface area contributed by atoms with Gasteiger partial charge in [0.1, 0.15) is 18.5 Å². The fourth-order valence-corrected chi connectivity index (χ4v) is 3.20. The molecule has 0 fully saturated rings. The highest BCUT2D eigenvalue weighted by Gasteiger charge is 2.19. The molecule has 138 valence electrons.